The van der Waals surface area contributed by atoms with E-state index in [9.17, 15) is 9.59 Å². The molecule has 0 aliphatic carbocycles. The first-order chi connectivity index (χ1) is 17.6. The van der Waals surface area contributed by atoms with E-state index >= 15 is 0 Å². The number of hydrogen-bond acceptors (Lipinski definition) is 6. The lowest BCUT2D eigenvalue weighted by Crippen LogP contribution is -2.36. The number of carbonyl (C=O) groups is 1. The summed E-state index contributed by atoms with van der Waals surface area (Å²) in [6, 6.07) is 19.5. The van der Waals surface area contributed by atoms with E-state index in [0.29, 0.717) is 49.6 Å². The zero-order valence-corrected chi connectivity index (χ0v) is 20.8. The van der Waals surface area contributed by atoms with Gasteiger partial charge in [0.2, 0.25) is 5.91 Å². The van der Waals surface area contributed by atoms with Crippen LogP contribution in [0.5, 0.6) is 0 Å². The van der Waals surface area contributed by atoms with E-state index in [1.165, 1.54) is 0 Å². The van der Waals surface area contributed by atoms with Gasteiger partial charge in [0.15, 0.2) is 11.3 Å². The van der Waals surface area contributed by atoms with Crippen molar-refractivity contribution in [3.63, 3.8) is 0 Å². The van der Waals surface area contributed by atoms with Crippen LogP contribution in [-0.4, -0.2) is 40.1 Å². The van der Waals surface area contributed by atoms with Crippen LogP contribution in [0.2, 0.25) is 6.32 Å². The van der Waals surface area contributed by atoms with Crippen molar-refractivity contribution in [2.75, 3.05) is 36.5 Å². The van der Waals surface area contributed by atoms with Crippen molar-refractivity contribution in [1.29, 1.82) is 0 Å². The minimum atomic E-state index is -0.0596. The second-order valence-electron chi connectivity index (χ2n) is 8.99. The summed E-state index contributed by atoms with van der Waals surface area (Å²) in [6.07, 6.45) is 1.27. The Morgan fingerprint density at radius 1 is 1.00 bits per heavy atom. The monoisotopic (exact) mass is 496 g/mol. The topological polar surface area (TPSA) is 71.8 Å². The lowest BCUT2D eigenvalue weighted by Gasteiger charge is -2.27. The number of nitrogens with one attached hydrogen (secondary N) is 1. The molecule has 1 amide bonds. The van der Waals surface area contributed by atoms with Gasteiger partial charge in [-0.1, -0.05) is 42.7 Å². The van der Waals surface area contributed by atoms with E-state index in [-0.39, 0.29) is 11.3 Å². The van der Waals surface area contributed by atoms with Gasteiger partial charge in [0.1, 0.15) is 13.4 Å². The summed E-state index contributed by atoms with van der Waals surface area (Å²) < 4.78 is 14.1. The third kappa shape index (κ3) is 3.96. The number of hydrogen-bond donors (Lipinski definition) is 1. The number of ether oxygens (including phenoxy) is 1. The quantitative estimate of drug-likeness (QED) is 0.345. The summed E-state index contributed by atoms with van der Waals surface area (Å²) in [6.45, 7) is 2.58. The Hall–Kier alpha value is -3.62. The largest absolute Gasteiger partial charge is 0.440 e. The van der Waals surface area contributed by atoms with Gasteiger partial charge in [-0.25, -0.2) is 0 Å². The number of thiophene rings is 1. The SMILES string of the molecule is BCCC(=O)Nc1ccc(-c2cccc3c(=O)cc(N4CCOCC4)oc23)c2sc3ccccc3c12. The zero-order chi connectivity index (χ0) is 24.6. The van der Waals surface area contributed by atoms with Crippen LogP contribution >= 0.6 is 11.3 Å². The van der Waals surface area contributed by atoms with Crippen LogP contribution in [0.3, 0.4) is 0 Å². The van der Waals surface area contributed by atoms with Crippen molar-refractivity contribution >= 4 is 67.8 Å². The van der Waals surface area contributed by atoms with Crippen molar-refractivity contribution in [3.8, 4) is 11.1 Å². The van der Waals surface area contributed by atoms with Crippen LogP contribution in [0.1, 0.15) is 6.42 Å². The van der Waals surface area contributed by atoms with E-state index in [0.717, 1.165) is 43.3 Å². The Bertz CT molecular complexity index is 1670. The molecule has 2 aromatic heterocycles. The second kappa shape index (κ2) is 9.45. The van der Waals surface area contributed by atoms with Crippen LogP contribution in [0.25, 0.3) is 42.3 Å². The Kier molecular flexibility index (Phi) is 5.99. The Labute approximate surface area is 212 Å². The summed E-state index contributed by atoms with van der Waals surface area (Å²) in [5.74, 6) is 0.576. The number of fused-ring (bicyclic) bond motifs is 4. The minimum Gasteiger partial charge on any atom is -0.440 e. The third-order valence-corrected chi connectivity index (χ3v) is 7.84. The van der Waals surface area contributed by atoms with Crippen LogP contribution in [0.15, 0.2) is 69.9 Å². The fourth-order valence-electron chi connectivity index (χ4n) is 4.90. The Balaban J connectivity index is 1.59. The summed E-state index contributed by atoms with van der Waals surface area (Å²) in [5, 5.41) is 5.79. The Morgan fingerprint density at radius 2 is 1.81 bits per heavy atom. The van der Waals surface area contributed by atoms with E-state index in [1.54, 1.807) is 17.4 Å². The molecule has 0 saturated carbocycles. The highest BCUT2D eigenvalue weighted by molar-refractivity contribution is 7.26. The number of carbonyl (C=O) groups excluding carboxylic acids is 1. The van der Waals surface area contributed by atoms with Crippen molar-refractivity contribution in [2.24, 2.45) is 0 Å². The maximum absolute atomic E-state index is 13.1. The molecular formula is C28H25BN2O4S. The van der Waals surface area contributed by atoms with E-state index in [1.807, 2.05) is 50.3 Å². The van der Waals surface area contributed by atoms with Crippen molar-refractivity contribution in [3.05, 3.63) is 70.9 Å². The number of morpholine rings is 1. The van der Waals surface area contributed by atoms with Gasteiger partial charge in [-0.3, -0.25) is 9.59 Å². The molecule has 36 heavy (non-hydrogen) atoms. The van der Waals surface area contributed by atoms with Crippen molar-refractivity contribution in [2.45, 2.75) is 12.7 Å². The zero-order valence-electron chi connectivity index (χ0n) is 20.0. The van der Waals surface area contributed by atoms with Crippen LogP contribution in [0, 0.1) is 0 Å². The first-order valence-corrected chi connectivity index (χ1v) is 13.1. The van der Waals surface area contributed by atoms with Gasteiger partial charge in [-0.2, -0.15) is 0 Å². The van der Waals surface area contributed by atoms with E-state index < -0.39 is 0 Å². The molecule has 0 unspecified atom stereocenters. The standard InChI is InChI=1S/C28H25BN2O4S/c29-11-10-24(33)30-21-9-8-18(28-26(21)20-4-1-2-7-23(20)36-28)17-5-3-6-19-22(32)16-25(35-27(17)19)31-12-14-34-15-13-31/h1-9,16H,10-15,29H2,(H,30,33). The molecular weight excluding hydrogens is 471 g/mol. The highest BCUT2D eigenvalue weighted by Gasteiger charge is 2.20. The average molecular weight is 496 g/mol. The molecule has 1 N–H and O–H groups in total. The molecule has 180 valence electrons. The fraction of sp³-hybridized carbons (Fsp3) is 0.214. The molecule has 6 nitrogen and oxygen atoms in total. The van der Waals surface area contributed by atoms with Gasteiger partial charge in [0.05, 0.1) is 24.3 Å². The average Bonchev–Trinajstić information content (AvgIpc) is 3.29. The van der Waals surface area contributed by atoms with Crippen LogP contribution in [-0.2, 0) is 9.53 Å². The molecule has 6 rings (SSSR count). The number of para-hydroxylation sites is 1. The molecule has 1 aliphatic rings. The fourth-order valence-corrected chi connectivity index (χ4v) is 6.16. The lowest BCUT2D eigenvalue weighted by molar-refractivity contribution is -0.115. The minimum absolute atomic E-state index is 0.00754. The molecule has 3 aromatic carbocycles. The molecule has 0 radical (unpaired) electrons. The lowest BCUT2D eigenvalue weighted by atomic mass is 9.99. The van der Waals surface area contributed by atoms with Gasteiger partial charge < -0.3 is 19.4 Å². The molecule has 5 aromatic rings. The van der Waals surface area contributed by atoms with Gasteiger partial charge in [0.25, 0.3) is 0 Å². The van der Waals surface area contributed by atoms with Gasteiger partial charge >= 0.3 is 0 Å². The highest BCUT2D eigenvalue weighted by Crippen LogP contribution is 2.45. The molecule has 8 heteroatoms. The summed E-state index contributed by atoms with van der Waals surface area (Å²) in [5.41, 5.74) is 3.17. The van der Waals surface area contributed by atoms with E-state index in [2.05, 4.69) is 22.3 Å². The molecule has 1 fully saturated rings. The third-order valence-electron chi connectivity index (χ3n) is 6.63. The first-order valence-electron chi connectivity index (χ1n) is 12.3. The molecule has 1 saturated heterocycles. The summed E-state index contributed by atoms with van der Waals surface area (Å²) >= 11 is 1.68. The maximum atomic E-state index is 13.1. The smallest absolute Gasteiger partial charge is 0.223 e. The summed E-state index contributed by atoms with van der Waals surface area (Å²) in [4.78, 5) is 27.7. The first kappa shape index (κ1) is 22.8. The molecule has 0 bridgehead atoms. The molecule has 3 heterocycles. The van der Waals surface area contributed by atoms with Gasteiger partial charge in [-0.05, 0) is 18.2 Å². The summed E-state index contributed by atoms with van der Waals surface area (Å²) in [7, 11) is 2.00. The molecule has 1 aliphatic heterocycles. The number of amides is 1. The number of anilines is 2. The molecule has 0 atom stereocenters. The number of rotatable bonds is 5. The van der Waals surface area contributed by atoms with Gasteiger partial charge in [0, 0.05) is 56.9 Å². The van der Waals surface area contributed by atoms with Crippen molar-refractivity contribution in [1.82, 2.24) is 0 Å². The maximum Gasteiger partial charge on any atom is 0.223 e. The Morgan fingerprint density at radius 3 is 2.64 bits per heavy atom. The second-order valence-corrected chi connectivity index (χ2v) is 10.0. The molecule has 0 spiro atoms. The number of benzene rings is 3. The normalized spacial score (nSPS) is 14.1. The van der Waals surface area contributed by atoms with Crippen LogP contribution in [0.4, 0.5) is 11.6 Å². The highest BCUT2D eigenvalue weighted by atomic mass is 32.1. The predicted molar refractivity (Wildman–Crippen MR) is 150 cm³/mol. The number of nitrogens with zero attached hydrogens (tertiary/aromatic N) is 1. The van der Waals surface area contributed by atoms with Crippen molar-refractivity contribution < 1.29 is 13.9 Å². The van der Waals surface area contributed by atoms with Crippen LogP contribution < -0.4 is 15.6 Å². The predicted octanol–water partition coefficient (Wildman–Crippen LogP) is 5.04. The van der Waals surface area contributed by atoms with Gasteiger partial charge in [-0.15, -0.1) is 11.3 Å². The van der Waals surface area contributed by atoms with E-state index in [4.69, 9.17) is 9.15 Å².